The van der Waals surface area contributed by atoms with E-state index in [4.69, 9.17) is 0 Å². The minimum absolute atomic E-state index is 0.180. The second-order valence-electron chi connectivity index (χ2n) is 5.75. The summed E-state index contributed by atoms with van der Waals surface area (Å²) in [5.41, 5.74) is 5.93. The molecule has 1 N–H and O–H groups in total. The Morgan fingerprint density at radius 3 is 2.68 bits per heavy atom. The molecule has 0 saturated carbocycles. The predicted octanol–water partition coefficient (Wildman–Crippen LogP) is 5.14. The molecule has 1 heterocycles. The number of benzene rings is 2. The highest BCUT2D eigenvalue weighted by Gasteiger charge is 2.08. The van der Waals surface area contributed by atoms with E-state index in [9.17, 15) is 4.79 Å². The Morgan fingerprint density at radius 1 is 1.18 bits per heavy atom. The van der Waals surface area contributed by atoms with Crippen molar-refractivity contribution >= 4 is 62.9 Å². The lowest BCUT2D eigenvalue weighted by molar-refractivity contribution is -0.118. The first-order valence-corrected chi connectivity index (χ1v) is 11.9. The van der Waals surface area contributed by atoms with Crippen molar-refractivity contribution in [3.8, 4) is 0 Å². The van der Waals surface area contributed by atoms with Gasteiger partial charge in [0, 0.05) is 10.2 Å². The molecule has 9 heteroatoms. The number of amides is 1. The van der Waals surface area contributed by atoms with Gasteiger partial charge in [0.05, 0.1) is 12.0 Å². The third-order valence-corrected chi connectivity index (χ3v) is 7.20. The van der Waals surface area contributed by atoms with E-state index >= 15 is 0 Å². The van der Waals surface area contributed by atoms with E-state index in [2.05, 4.69) is 67.8 Å². The zero-order chi connectivity index (χ0) is 19.8. The maximum Gasteiger partial charge on any atom is 0.250 e. The van der Waals surface area contributed by atoms with Gasteiger partial charge in [-0.25, -0.2) is 5.43 Å². The summed E-state index contributed by atoms with van der Waals surface area (Å²) in [5.74, 6) is 0.914. The van der Waals surface area contributed by atoms with Crippen LogP contribution in [0.15, 0.2) is 66.8 Å². The first kappa shape index (κ1) is 21.0. The molecule has 144 valence electrons. The maximum absolute atomic E-state index is 11.9. The molecule has 0 aliphatic carbocycles. The zero-order valence-electron chi connectivity index (χ0n) is 15.0. The predicted molar refractivity (Wildman–Crippen MR) is 121 cm³/mol. The fourth-order valence-electron chi connectivity index (χ4n) is 2.07. The van der Waals surface area contributed by atoms with Gasteiger partial charge < -0.3 is 0 Å². The number of carbonyl (C=O) groups excluding carboxylic acids is 1. The first-order chi connectivity index (χ1) is 13.6. The van der Waals surface area contributed by atoms with Crippen LogP contribution in [-0.2, 0) is 10.5 Å². The molecule has 0 spiro atoms. The van der Waals surface area contributed by atoms with Crippen molar-refractivity contribution in [1.82, 2.24) is 15.6 Å². The van der Waals surface area contributed by atoms with E-state index in [1.165, 1.54) is 34.2 Å². The summed E-state index contributed by atoms with van der Waals surface area (Å²) in [6, 6.07) is 16.1. The molecule has 0 bridgehead atoms. The quantitative estimate of drug-likeness (QED) is 0.267. The third-order valence-electron chi connectivity index (χ3n) is 3.45. The number of hydrazone groups is 1. The molecule has 28 heavy (non-hydrogen) atoms. The normalized spacial score (nSPS) is 11.1. The van der Waals surface area contributed by atoms with Gasteiger partial charge in [-0.2, -0.15) is 5.10 Å². The monoisotopic (exact) mass is 492 g/mol. The third kappa shape index (κ3) is 7.05. The average Bonchev–Trinajstić information content (AvgIpc) is 3.14. The molecule has 3 aromatic rings. The molecule has 0 aliphatic rings. The van der Waals surface area contributed by atoms with Crippen LogP contribution in [0, 0.1) is 6.92 Å². The van der Waals surface area contributed by atoms with Crippen LogP contribution in [0.25, 0.3) is 0 Å². The molecule has 5 nitrogen and oxygen atoms in total. The molecular formula is C19H17BrN4OS3. The van der Waals surface area contributed by atoms with Crippen molar-refractivity contribution in [3.05, 3.63) is 69.7 Å². The molecular weight excluding hydrogens is 476 g/mol. The Kier molecular flexibility index (Phi) is 8.08. The number of hydrogen-bond donors (Lipinski definition) is 1. The van der Waals surface area contributed by atoms with Gasteiger partial charge in [0.15, 0.2) is 8.68 Å². The number of hydrogen-bond acceptors (Lipinski definition) is 7. The van der Waals surface area contributed by atoms with E-state index in [0.29, 0.717) is 0 Å². The molecule has 3 rings (SSSR count). The minimum Gasteiger partial charge on any atom is -0.272 e. The van der Waals surface area contributed by atoms with E-state index in [1.54, 1.807) is 18.0 Å². The second kappa shape index (κ2) is 10.8. The number of thioether (sulfide) groups is 2. The second-order valence-corrected chi connectivity index (χ2v) is 10.1. The van der Waals surface area contributed by atoms with Crippen molar-refractivity contribution in [3.63, 3.8) is 0 Å². The highest BCUT2D eigenvalue weighted by Crippen LogP contribution is 2.30. The summed E-state index contributed by atoms with van der Waals surface area (Å²) in [5, 5.41) is 12.3. The van der Waals surface area contributed by atoms with E-state index in [-0.39, 0.29) is 11.7 Å². The van der Waals surface area contributed by atoms with Gasteiger partial charge in [-0.1, -0.05) is 92.8 Å². The number of aromatic nitrogens is 2. The Labute approximate surface area is 184 Å². The standard InChI is InChI=1S/C19H17BrN4OS3/c1-13-5-7-14(8-6-13)11-26-18-23-24-19(28-18)27-12-17(25)22-21-10-15-3-2-4-16(20)9-15/h2-10H,11-12H2,1H3,(H,22,25)/b21-10+. The summed E-state index contributed by atoms with van der Waals surface area (Å²) in [6.45, 7) is 2.08. The van der Waals surface area contributed by atoms with E-state index in [1.807, 2.05) is 24.3 Å². The summed E-state index contributed by atoms with van der Waals surface area (Å²) in [7, 11) is 0. The highest BCUT2D eigenvalue weighted by molar-refractivity contribution is 9.10. The van der Waals surface area contributed by atoms with Crippen LogP contribution in [0.5, 0.6) is 0 Å². The van der Waals surface area contributed by atoms with Crippen LogP contribution in [0.2, 0.25) is 0 Å². The van der Waals surface area contributed by atoms with Gasteiger partial charge in [0.1, 0.15) is 0 Å². The number of aryl methyl sites for hydroxylation is 1. The lowest BCUT2D eigenvalue weighted by Crippen LogP contribution is -2.19. The van der Waals surface area contributed by atoms with Gasteiger partial charge in [-0.05, 0) is 30.2 Å². The summed E-state index contributed by atoms with van der Waals surface area (Å²) in [4.78, 5) is 11.9. The number of nitrogens with one attached hydrogen (secondary N) is 1. The van der Waals surface area contributed by atoms with Crippen LogP contribution in [0.1, 0.15) is 16.7 Å². The average molecular weight is 493 g/mol. The Morgan fingerprint density at radius 2 is 1.93 bits per heavy atom. The number of halogens is 1. The largest absolute Gasteiger partial charge is 0.272 e. The molecule has 2 aromatic carbocycles. The summed E-state index contributed by atoms with van der Waals surface area (Å²) < 4.78 is 2.64. The van der Waals surface area contributed by atoms with Crippen LogP contribution in [0.3, 0.4) is 0 Å². The van der Waals surface area contributed by atoms with Crippen LogP contribution in [0.4, 0.5) is 0 Å². The smallest absolute Gasteiger partial charge is 0.250 e. The van der Waals surface area contributed by atoms with Gasteiger partial charge in [-0.3, -0.25) is 4.79 Å². The molecule has 1 amide bonds. The minimum atomic E-state index is -0.180. The Bertz CT molecular complexity index is 960. The molecule has 0 fully saturated rings. The Hall–Kier alpha value is -1.68. The first-order valence-electron chi connectivity index (χ1n) is 8.30. The SMILES string of the molecule is Cc1ccc(CSc2nnc(SCC(=O)N/N=C/c3cccc(Br)c3)s2)cc1. The van der Waals surface area contributed by atoms with Crippen molar-refractivity contribution < 1.29 is 4.79 Å². The Balaban J connectivity index is 1.41. The van der Waals surface area contributed by atoms with Crippen molar-refractivity contribution in [1.29, 1.82) is 0 Å². The van der Waals surface area contributed by atoms with Gasteiger partial charge >= 0.3 is 0 Å². The van der Waals surface area contributed by atoms with Crippen LogP contribution in [-0.4, -0.2) is 28.1 Å². The number of nitrogens with zero attached hydrogens (tertiary/aromatic N) is 3. The summed E-state index contributed by atoms with van der Waals surface area (Å²) in [6.07, 6.45) is 1.61. The topological polar surface area (TPSA) is 67.2 Å². The van der Waals surface area contributed by atoms with Crippen molar-refractivity contribution in [2.24, 2.45) is 5.10 Å². The molecule has 0 radical (unpaired) electrons. The molecule has 0 aliphatic heterocycles. The molecule has 0 unspecified atom stereocenters. The van der Waals surface area contributed by atoms with Gasteiger partial charge in [0.25, 0.3) is 5.91 Å². The lowest BCUT2D eigenvalue weighted by Gasteiger charge is -1.99. The van der Waals surface area contributed by atoms with Gasteiger partial charge in [-0.15, -0.1) is 10.2 Å². The molecule has 1 aromatic heterocycles. The molecule has 0 atom stereocenters. The highest BCUT2D eigenvalue weighted by atomic mass is 79.9. The van der Waals surface area contributed by atoms with Gasteiger partial charge in [0.2, 0.25) is 0 Å². The van der Waals surface area contributed by atoms with Crippen LogP contribution >= 0.6 is 50.8 Å². The zero-order valence-corrected chi connectivity index (χ0v) is 19.0. The fraction of sp³-hybridized carbons (Fsp3) is 0.158. The van der Waals surface area contributed by atoms with Crippen molar-refractivity contribution in [2.45, 2.75) is 21.4 Å². The van der Waals surface area contributed by atoms with Crippen LogP contribution < -0.4 is 5.43 Å². The fourth-order valence-corrected chi connectivity index (χ4v) is 5.25. The number of carbonyl (C=O) groups is 1. The van der Waals surface area contributed by atoms with Crippen molar-refractivity contribution in [2.75, 3.05) is 5.75 Å². The summed E-state index contributed by atoms with van der Waals surface area (Å²) >= 11 is 7.91. The van der Waals surface area contributed by atoms with E-state index in [0.717, 1.165) is 24.5 Å². The maximum atomic E-state index is 11.9. The lowest BCUT2D eigenvalue weighted by atomic mass is 10.2. The number of rotatable bonds is 8. The molecule has 0 saturated heterocycles. The van der Waals surface area contributed by atoms with E-state index < -0.39 is 0 Å².